The van der Waals surface area contributed by atoms with Gasteiger partial charge in [-0.3, -0.25) is 0 Å². The van der Waals surface area contributed by atoms with Crippen molar-refractivity contribution in [3.63, 3.8) is 0 Å². The second kappa shape index (κ2) is 4.17. The van der Waals surface area contributed by atoms with Crippen LogP contribution in [0.25, 0.3) is 0 Å². The molecule has 0 atom stereocenters. The van der Waals surface area contributed by atoms with Crippen LogP contribution in [0, 0.1) is 6.92 Å². The minimum atomic E-state index is 0.892. The lowest BCUT2D eigenvalue weighted by molar-refractivity contribution is 0.772. The van der Waals surface area contributed by atoms with E-state index in [0.29, 0.717) is 0 Å². The number of rotatable bonds is 3. The number of aryl methyl sites for hydroxylation is 2. The second-order valence-electron chi connectivity index (χ2n) is 3.53. The molecule has 1 N–H and O–H groups in total. The van der Waals surface area contributed by atoms with Crippen molar-refractivity contribution in [1.82, 2.24) is 9.55 Å². The first-order chi connectivity index (χ1) is 7.29. The zero-order valence-electron chi connectivity index (χ0n) is 9.07. The van der Waals surface area contributed by atoms with Crippen molar-refractivity contribution < 1.29 is 0 Å². The van der Waals surface area contributed by atoms with Crippen molar-refractivity contribution in [1.29, 1.82) is 0 Å². The summed E-state index contributed by atoms with van der Waals surface area (Å²) in [6.45, 7) is 5.11. The molecule has 78 valence electrons. The van der Waals surface area contributed by atoms with Gasteiger partial charge in [-0.25, -0.2) is 4.98 Å². The van der Waals surface area contributed by atoms with Gasteiger partial charge in [0, 0.05) is 24.6 Å². The highest BCUT2D eigenvalue weighted by Gasteiger charge is 2.00. The Labute approximate surface area is 89.8 Å². The molecule has 3 nitrogen and oxygen atoms in total. The molecule has 3 heteroatoms. The third-order valence-corrected chi connectivity index (χ3v) is 2.33. The highest BCUT2D eigenvalue weighted by atomic mass is 15.2. The summed E-state index contributed by atoms with van der Waals surface area (Å²) in [5.74, 6) is 0.892. The number of hydrogen-bond donors (Lipinski definition) is 1. The average molecular weight is 201 g/mol. The fraction of sp³-hybridized carbons (Fsp3) is 0.250. The lowest BCUT2D eigenvalue weighted by Crippen LogP contribution is -2.01. The molecule has 0 aliphatic carbocycles. The molecule has 2 rings (SSSR count). The third kappa shape index (κ3) is 2.18. The summed E-state index contributed by atoms with van der Waals surface area (Å²) in [7, 11) is 0. The number of imidazole rings is 1. The summed E-state index contributed by atoms with van der Waals surface area (Å²) in [6.07, 6.45) is 3.78. The molecule has 0 radical (unpaired) electrons. The van der Waals surface area contributed by atoms with Gasteiger partial charge < -0.3 is 9.88 Å². The van der Waals surface area contributed by atoms with E-state index in [0.717, 1.165) is 18.2 Å². The highest BCUT2D eigenvalue weighted by molar-refractivity contribution is 5.54. The first-order valence-corrected chi connectivity index (χ1v) is 5.14. The van der Waals surface area contributed by atoms with Crippen LogP contribution in [0.15, 0.2) is 36.7 Å². The Balaban J connectivity index is 2.22. The number of hydrogen-bond acceptors (Lipinski definition) is 2. The van der Waals surface area contributed by atoms with Gasteiger partial charge in [-0.05, 0) is 31.5 Å². The van der Waals surface area contributed by atoms with Gasteiger partial charge in [0.25, 0.3) is 0 Å². The van der Waals surface area contributed by atoms with Crippen LogP contribution in [0.3, 0.4) is 0 Å². The smallest absolute Gasteiger partial charge is 0.207 e. The van der Waals surface area contributed by atoms with Crippen molar-refractivity contribution in [3.05, 3.63) is 42.2 Å². The van der Waals surface area contributed by atoms with E-state index in [1.165, 1.54) is 5.56 Å². The maximum Gasteiger partial charge on any atom is 0.207 e. The fourth-order valence-corrected chi connectivity index (χ4v) is 1.54. The molecule has 0 bridgehead atoms. The predicted octanol–water partition coefficient (Wildman–Crippen LogP) is 2.96. The molecule has 0 unspecified atom stereocenters. The maximum absolute atomic E-state index is 4.26. The van der Waals surface area contributed by atoms with Crippen LogP contribution in [0.2, 0.25) is 0 Å². The maximum atomic E-state index is 4.26. The van der Waals surface area contributed by atoms with Crippen molar-refractivity contribution in [2.24, 2.45) is 0 Å². The van der Waals surface area contributed by atoms with Crippen molar-refractivity contribution >= 4 is 11.6 Å². The van der Waals surface area contributed by atoms with Crippen molar-refractivity contribution in [3.8, 4) is 0 Å². The summed E-state index contributed by atoms with van der Waals surface area (Å²) in [5.41, 5.74) is 2.32. The summed E-state index contributed by atoms with van der Waals surface area (Å²) in [4.78, 5) is 4.26. The molecule has 15 heavy (non-hydrogen) atoms. The van der Waals surface area contributed by atoms with Crippen molar-refractivity contribution in [2.45, 2.75) is 20.4 Å². The molecule has 0 spiro atoms. The van der Waals surface area contributed by atoms with E-state index in [1.54, 1.807) is 0 Å². The molecular formula is C12H15N3. The Bertz CT molecular complexity index is 446. The van der Waals surface area contributed by atoms with Crippen LogP contribution in [0.1, 0.15) is 12.5 Å². The van der Waals surface area contributed by atoms with Gasteiger partial charge in [0.15, 0.2) is 0 Å². The van der Waals surface area contributed by atoms with E-state index in [1.807, 2.05) is 24.5 Å². The number of nitrogens with one attached hydrogen (secondary N) is 1. The van der Waals surface area contributed by atoms with Gasteiger partial charge in [-0.1, -0.05) is 12.1 Å². The molecule has 0 saturated carbocycles. The first-order valence-electron chi connectivity index (χ1n) is 5.14. The summed E-state index contributed by atoms with van der Waals surface area (Å²) in [6, 6.07) is 8.27. The normalized spacial score (nSPS) is 10.3. The van der Waals surface area contributed by atoms with Gasteiger partial charge in [-0.15, -0.1) is 0 Å². The lowest BCUT2D eigenvalue weighted by atomic mass is 10.2. The molecule has 0 amide bonds. The minimum absolute atomic E-state index is 0.892. The van der Waals surface area contributed by atoms with Crippen LogP contribution in [0.5, 0.6) is 0 Å². The van der Waals surface area contributed by atoms with Crippen LogP contribution in [-0.2, 0) is 6.54 Å². The van der Waals surface area contributed by atoms with E-state index >= 15 is 0 Å². The second-order valence-corrected chi connectivity index (χ2v) is 3.53. The zero-order chi connectivity index (χ0) is 10.7. The molecule has 0 aliphatic rings. The van der Waals surface area contributed by atoms with E-state index in [4.69, 9.17) is 0 Å². The van der Waals surface area contributed by atoms with Gasteiger partial charge in [-0.2, -0.15) is 0 Å². The van der Waals surface area contributed by atoms with Gasteiger partial charge in [0.2, 0.25) is 5.95 Å². The summed E-state index contributed by atoms with van der Waals surface area (Å²) in [5, 5.41) is 3.30. The summed E-state index contributed by atoms with van der Waals surface area (Å²) >= 11 is 0. The predicted molar refractivity (Wildman–Crippen MR) is 62.4 cm³/mol. The Hall–Kier alpha value is -1.77. The van der Waals surface area contributed by atoms with Gasteiger partial charge in [0.05, 0.1) is 0 Å². The fourth-order valence-electron chi connectivity index (χ4n) is 1.54. The standard InChI is InChI=1S/C12H15N3/c1-3-15-8-7-13-12(15)14-11-6-4-5-10(2)9-11/h4-9H,3H2,1-2H3,(H,13,14). The molecule has 2 aromatic rings. The SMILES string of the molecule is CCn1ccnc1Nc1cccc(C)c1. The number of anilines is 2. The molecule has 0 fully saturated rings. The quantitative estimate of drug-likeness (QED) is 0.827. The van der Waals surface area contributed by atoms with Gasteiger partial charge in [0.1, 0.15) is 0 Å². The van der Waals surface area contributed by atoms with E-state index in [9.17, 15) is 0 Å². The largest absolute Gasteiger partial charge is 0.326 e. The Morgan fingerprint density at radius 2 is 2.27 bits per heavy atom. The molecule has 1 aromatic heterocycles. The van der Waals surface area contributed by atoms with Crippen LogP contribution >= 0.6 is 0 Å². The molecule has 1 heterocycles. The molecular weight excluding hydrogens is 186 g/mol. The summed E-state index contributed by atoms with van der Waals surface area (Å²) < 4.78 is 2.07. The Morgan fingerprint density at radius 1 is 1.40 bits per heavy atom. The lowest BCUT2D eigenvalue weighted by Gasteiger charge is -2.08. The van der Waals surface area contributed by atoms with Crippen molar-refractivity contribution in [2.75, 3.05) is 5.32 Å². The zero-order valence-corrected chi connectivity index (χ0v) is 9.07. The number of benzene rings is 1. The Kier molecular flexibility index (Phi) is 2.72. The highest BCUT2D eigenvalue weighted by Crippen LogP contribution is 2.15. The van der Waals surface area contributed by atoms with E-state index in [-0.39, 0.29) is 0 Å². The van der Waals surface area contributed by atoms with Crippen LogP contribution < -0.4 is 5.32 Å². The molecule has 0 saturated heterocycles. The number of nitrogens with zero attached hydrogens (tertiary/aromatic N) is 2. The van der Waals surface area contributed by atoms with Gasteiger partial charge >= 0.3 is 0 Å². The van der Waals surface area contributed by atoms with Crippen LogP contribution in [0.4, 0.5) is 11.6 Å². The first kappa shape index (κ1) is 9.77. The molecule has 1 aromatic carbocycles. The monoisotopic (exact) mass is 201 g/mol. The Morgan fingerprint density at radius 3 is 3.00 bits per heavy atom. The topological polar surface area (TPSA) is 29.9 Å². The van der Waals surface area contributed by atoms with E-state index < -0.39 is 0 Å². The van der Waals surface area contributed by atoms with E-state index in [2.05, 4.69) is 40.8 Å². The minimum Gasteiger partial charge on any atom is -0.326 e. The van der Waals surface area contributed by atoms with Crippen LogP contribution in [-0.4, -0.2) is 9.55 Å². The number of aromatic nitrogens is 2. The molecule has 0 aliphatic heterocycles. The average Bonchev–Trinajstić information content (AvgIpc) is 2.65. The third-order valence-electron chi connectivity index (χ3n) is 2.33.